The minimum absolute atomic E-state index is 0.966. The third kappa shape index (κ3) is 4.34. The summed E-state index contributed by atoms with van der Waals surface area (Å²) in [6.07, 6.45) is 1.94. The smallest absolute Gasteiger partial charge is 0.0703 e. The Morgan fingerprint density at radius 1 is 0.469 bits per heavy atom. The van der Waals surface area contributed by atoms with Gasteiger partial charge < -0.3 is 4.90 Å². The van der Waals surface area contributed by atoms with Gasteiger partial charge in [0, 0.05) is 21.4 Å². The summed E-state index contributed by atoms with van der Waals surface area (Å²) in [6.45, 7) is 0. The molecule has 4 aromatic carbocycles. The number of para-hydroxylation sites is 1. The van der Waals surface area contributed by atoms with Gasteiger partial charge in [-0.3, -0.25) is 4.98 Å². The maximum atomic E-state index is 4.75. The van der Waals surface area contributed by atoms with Crippen molar-refractivity contribution >= 4 is 33.0 Å². The molecular weight excluding hydrogens is 456 g/mol. The van der Waals surface area contributed by atoms with E-state index in [4.69, 9.17) is 4.98 Å². The molecule has 32 heavy (non-hydrogen) atoms. The van der Waals surface area contributed by atoms with Crippen molar-refractivity contribution in [1.29, 1.82) is 0 Å². The van der Waals surface area contributed by atoms with E-state index in [1.807, 2.05) is 30.5 Å². The van der Waals surface area contributed by atoms with Crippen LogP contribution >= 0.6 is 15.9 Å². The Bertz CT molecular complexity index is 1280. The first kappa shape index (κ1) is 20.2. The Hall–Kier alpha value is -3.69. The first-order valence-electron chi connectivity index (χ1n) is 10.5. The summed E-state index contributed by atoms with van der Waals surface area (Å²) in [5, 5.41) is 0. The number of hydrogen-bond donors (Lipinski definition) is 0. The van der Waals surface area contributed by atoms with E-state index >= 15 is 0 Å². The summed E-state index contributed by atoms with van der Waals surface area (Å²) < 4.78 is 1.08. The van der Waals surface area contributed by atoms with Gasteiger partial charge >= 0.3 is 0 Å². The molecule has 0 atom stereocenters. The van der Waals surface area contributed by atoms with Crippen LogP contribution in [0.4, 0.5) is 17.1 Å². The van der Waals surface area contributed by atoms with E-state index in [9.17, 15) is 0 Å². The van der Waals surface area contributed by atoms with Crippen LogP contribution in [0.15, 0.2) is 132 Å². The lowest BCUT2D eigenvalue weighted by Crippen LogP contribution is -2.10. The summed E-state index contributed by atoms with van der Waals surface area (Å²) in [7, 11) is 0. The lowest BCUT2D eigenvalue weighted by Gasteiger charge is -2.25. The molecule has 0 aliphatic rings. The highest BCUT2D eigenvalue weighted by molar-refractivity contribution is 9.10. The van der Waals surface area contributed by atoms with E-state index in [2.05, 4.69) is 118 Å². The van der Waals surface area contributed by atoms with Gasteiger partial charge in [-0.15, -0.1) is 0 Å². The van der Waals surface area contributed by atoms with Crippen molar-refractivity contribution in [3.63, 3.8) is 0 Å². The summed E-state index contributed by atoms with van der Waals surface area (Å²) in [5.41, 5.74) is 7.67. The predicted molar refractivity (Wildman–Crippen MR) is 137 cm³/mol. The Morgan fingerprint density at radius 3 is 1.59 bits per heavy atom. The zero-order valence-electron chi connectivity index (χ0n) is 17.4. The molecule has 0 aliphatic heterocycles. The second kappa shape index (κ2) is 9.21. The SMILES string of the molecule is Brc1ccc(-c2ccc(N(c3ccccc3)c3ccc(-c4ccccc4)nc3)cc2)cc1. The van der Waals surface area contributed by atoms with E-state index in [-0.39, 0.29) is 0 Å². The van der Waals surface area contributed by atoms with Crippen LogP contribution in [0.3, 0.4) is 0 Å². The standard InChI is InChI=1S/C29H21BrN2/c30-25-15-11-22(12-16-25)23-13-17-27(18-14-23)32(26-9-5-2-6-10-26)28-19-20-29(31-21-28)24-7-3-1-4-8-24/h1-21H. The average Bonchev–Trinajstić information content (AvgIpc) is 2.87. The van der Waals surface area contributed by atoms with E-state index in [1.165, 1.54) is 11.1 Å². The summed E-state index contributed by atoms with van der Waals surface area (Å²) in [6, 6.07) is 41.9. The minimum Gasteiger partial charge on any atom is -0.309 e. The molecule has 1 aromatic heterocycles. The summed E-state index contributed by atoms with van der Waals surface area (Å²) >= 11 is 3.51. The lowest BCUT2D eigenvalue weighted by atomic mass is 10.0. The van der Waals surface area contributed by atoms with Crippen molar-refractivity contribution in [2.45, 2.75) is 0 Å². The zero-order valence-corrected chi connectivity index (χ0v) is 19.0. The quantitative estimate of drug-likeness (QED) is 0.252. The molecule has 5 aromatic rings. The fraction of sp³-hybridized carbons (Fsp3) is 0. The molecule has 2 nitrogen and oxygen atoms in total. The van der Waals surface area contributed by atoms with Gasteiger partial charge in [-0.1, -0.05) is 88.7 Å². The Kier molecular flexibility index (Phi) is 5.82. The van der Waals surface area contributed by atoms with Crippen LogP contribution in [0.5, 0.6) is 0 Å². The molecule has 0 unspecified atom stereocenters. The van der Waals surface area contributed by atoms with E-state index in [1.54, 1.807) is 0 Å². The van der Waals surface area contributed by atoms with Crippen molar-refractivity contribution in [3.8, 4) is 22.4 Å². The van der Waals surface area contributed by atoms with Gasteiger partial charge in [0.05, 0.1) is 17.6 Å². The molecule has 0 radical (unpaired) electrons. The largest absolute Gasteiger partial charge is 0.309 e. The second-order valence-corrected chi connectivity index (χ2v) is 8.41. The van der Waals surface area contributed by atoms with Crippen molar-refractivity contribution in [1.82, 2.24) is 4.98 Å². The van der Waals surface area contributed by atoms with Gasteiger partial charge in [-0.05, 0) is 59.7 Å². The molecule has 0 saturated carbocycles. The number of aromatic nitrogens is 1. The number of hydrogen-bond acceptors (Lipinski definition) is 2. The molecule has 0 spiro atoms. The Balaban J connectivity index is 1.51. The molecule has 0 fully saturated rings. The molecule has 3 heteroatoms. The van der Waals surface area contributed by atoms with Gasteiger partial charge in [-0.25, -0.2) is 0 Å². The molecular formula is C29H21BrN2. The van der Waals surface area contributed by atoms with Gasteiger partial charge in [-0.2, -0.15) is 0 Å². The highest BCUT2D eigenvalue weighted by atomic mass is 79.9. The van der Waals surface area contributed by atoms with Gasteiger partial charge in [0.1, 0.15) is 0 Å². The topological polar surface area (TPSA) is 16.1 Å². The monoisotopic (exact) mass is 476 g/mol. The highest BCUT2D eigenvalue weighted by Crippen LogP contribution is 2.35. The Labute approximate surface area is 197 Å². The van der Waals surface area contributed by atoms with Crippen LogP contribution in [0.1, 0.15) is 0 Å². The van der Waals surface area contributed by atoms with E-state index < -0.39 is 0 Å². The van der Waals surface area contributed by atoms with Crippen LogP contribution in [0.25, 0.3) is 22.4 Å². The molecule has 0 aliphatic carbocycles. The van der Waals surface area contributed by atoms with Crippen molar-refractivity contribution in [2.75, 3.05) is 4.90 Å². The van der Waals surface area contributed by atoms with Gasteiger partial charge in [0.25, 0.3) is 0 Å². The second-order valence-electron chi connectivity index (χ2n) is 7.49. The van der Waals surface area contributed by atoms with Crippen molar-refractivity contribution in [2.24, 2.45) is 0 Å². The van der Waals surface area contributed by atoms with E-state index in [0.29, 0.717) is 0 Å². The van der Waals surface area contributed by atoms with E-state index in [0.717, 1.165) is 32.8 Å². The third-order valence-corrected chi connectivity index (χ3v) is 5.92. The number of rotatable bonds is 5. The van der Waals surface area contributed by atoms with Crippen LogP contribution in [0.2, 0.25) is 0 Å². The molecule has 0 bridgehead atoms. The Morgan fingerprint density at radius 2 is 1.00 bits per heavy atom. The fourth-order valence-electron chi connectivity index (χ4n) is 3.77. The molecule has 1 heterocycles. The summed E-state index contributed by atoms with van der Waals surface area (Å²) in [4.78, 5) is 6.98. The van der Waals surface area contributed by atoms with Crippen LogP contribution in [0, 0.1) is 0 Å². The predicted octanol–water partition coefficient (Wildman–Crippen LogP) is 8.65. The third-order valence-electron chi connectivity index (χ3n) is 5.39. The molecule has 0 amide bonds. The van der Waals surface area contributed by atoms with Crippen LogP contribution in [-0.4, -0.2) is 4.98 Å². The zero-order chi connectivity index (χ0) is 21.8. The average molecular weight is 477 g/mol. The summed E-state index contributed by atoms with van der Waals surface area (Å²) in [5.74, 6) is 0. The van der Waals surface area contributed by atoms with Crippen molar-refractivity contribution in [3.05, 3.63) is 132 Å². The fourth-order valence-corrected chi connectivity index (χ4v) is 4.03. The highest BCUT2D eigenvalue weighted by Gasteiger charge is 2.13. The normalized spacial score (nSPS) is 10.7. The van der Waals surface area contributed by atoms with Gasteiger partial charge in [0.15, 0.2) is 0 Å². The number of nitrogens with zero attached hydrogens (tertiary/aromatic N) is 2. The molecule has 0 saturated heterocycles. The van der Waals surface area contributed by atoms with Gasteiger partial charge in [0.2, 0.25) is 0 Å². The first-order chi connectivity index (χ1) is 15.8. The number of halogens is 1. The van der Waals surface area contributed by atoms with Crippen LogP contribution in [-0.2, 0) is 0 Å². The van der Waals surface area contributed by atoms with Crippen LogP contribution < -0.4 is 4.90 Å². The number of pyridine rings is 1. The molecule has 5 rings (SSSR count). The lowest BCUT2D eigenvalue weighted by molar-refractivity contribution is 1.23. The van der Waals surface area contributed by atoms with Crippen molar-refractivity contribution < 1.29 is 0 Å². The minimum atomic E-state index is 0.966. The molecule has 0 N–H and O–H groups in total. The maximum absolute atomic E-state index is 4.75. The number of benzene rings is 4. The maximum Gasteiger partial charge on any atom is 0.0703 e. The first-order valence-corrected chi connectivity index (χ1v) is 11.3. The number of anilines is 3. The molecule has 154 valence electrons.